The average Bonchev–Trinajstić information content (AvgIpc) is 2.96. The summed E-state index contributed by atoms with van der Waals surface area (Å²) >= 11 is 0. The lowest BCUT2D eigenvalue weighted by Gasteiger charge is -2.09. The van der Waals surface area contributed by atoms with Gasteiger partial charge >= 0.3 is 0 Å². The van der Waals surface area contributed by atoms with Crippen LogP contribution in [0.2, 0.25) is 0 Å². The van der Waals surface area contributed by atoms with Crippen LogP contribution in [0, 0.1) is 0 Å². The number of nitrogens with zero attached hydrogens (tertiary/aromatic N) is 2. The fraction of sp³-hybridized carbons (Fsp3) is 0.400. The minimum Gasteiger partial charge on any atom is -0.380 e. The van der Waals surface area contributed by atoms with E-state index in [1.165, 1.54) is 0 Å². The number of nitrogens with one attached hydrogen (secondary N) is 2. The number of methoxy groups -OCH3 is 1. The molecule has 1 amide bonds. The van der Waals surface area contributed by atoms with Crippen LogP contribution in [-0.2, 0) is 17.9 Å². The van der Waals surface area contributed by atoms with Crippen LogP contribution < -0.4 is 5.32 Å². The first-order valence-corrected chi connectivity index (χ1v) is 6.88. The molecule has 0 saturated heterocycles. The lowest BCUT2D eigenvalue weighted by Crippen LogP contribution is -2.24. The summed E-state index contributed by atoms with van der Waals surface area (Å²) in [5, 5.41) is 9.54. The first kappa shape index (κ1) is 15.2. The summed E-state index contributed by atoms with van der Waals surface area (Å²) < 4.78 is 5.15. The topological polar surface area (TPSA) is 79.9 Å². The Balaban J connectivity index is 2.00. The highest BCUT2D eigenvalue weighted by Gasteiger charge is 2.14. The van der Waals surface area contributed by atoms with Gasteiger partial charge < -0.3 is 10.1 Å². The number of H-pyrrole nitrogens is 1. The highest BCUT2D eigenvalue weighted by molar-refractivity contribution is 5.90. The molecule has 0 spiro atoms. The highest BCUT2D eigenvalue weighted by Crippen LogP contribution is 2.10. The Hall–Kier alpha value is -2.21. The number of carbonyl (C=O) groups excluding carboxylic acids is 1. The third-order valence-electron chi connectivity index (χ3n) is 3.11. The number of aromatic amines is 1. The third-order valence-corrected chi connectivity index (χ3v) is 3.11. The number of ether oxygens (including phenoxy) is 1. The zero-order chi connectivity index (χ0) is 15.2. The van der Waals surface area contributed by atoms with Gasteiger partial charge in [0.1, 0.15) is 5.82 Å². The molecule has 1 aromatic carbocycles. The van der Waals surface area contributed by atoms with Crippen molar-refractivity contribution < 1.29 is 9.53 Å². The van der Waals surface area contributed by atoms with Crippen LogP contribution in [0.15, 0.2) is 24.3 Å². The Bertz CT molecular complexity index is 607. The lowest BCUT2D eigenvalue weighted by atomic mass is 10.1. The maximum atomic E-state index is 12.0. The van der Waals surface area contributed by atoms with Crippen molar-refractivity contribution in [2.75, 3.05) is 7.11 Å². The van der Waals surface area contributed by atoms with E-state index in [1.54, 1.807) is 7.11 Å². The number of hydrogen-bond acceptors (Lipinski definition) is 4. The van der Waals surface area contributed by atoms with E-state index >= 15 is 0 Å². The van der Waals surface area contributed by atoms with Gasteiger partial charge in [-0.3, -0.25) is 9.89 Å². The normalized spacial score (nSPS) is 10.9. The number of amides is 1. The second-order valence-electron chi connectivity index (χ2n) is 5.08. The Morgan fingerprint density at radius 3 is 2.67 bits per heavy atom. The predicted molar refractivity (Wildman–Crippen MR) is 78.8 cm³/mol. The van der Waals surface area contributed by atoms with Gasteiger partial charge in [-0.15, -0.1) is 5.10 Å². The van der Waals surface area contributed by atoms with E-state index in [0.29, 0.717) is 19.0 Å². The second-order valence-corrected chi connectivity index (χ2v) is 5.08. The van der Waals surface area contributed by atoms with Crippen molar-refractivity contribution in [1.82, 2.24) is 20.5 Å². The molecule has 0 bridgehead atoms. The van der Waals surface area contributed by atoms with Gasteiger partial charge in [-0.2, -0.15) is 0 Å². The number of rotatable bonds is 6. The number of aromatic nitrogens is 3. The molecule has 0 fully saturated rings. The maximum Gasteiger partial charge on any atom is 0.291 e. The first-order valence-electron chi connectivity index (χ1n) is 6.88. The molecule has 6 nitrogen and oxygen atoms in total. The summed E-state index contributed by atoms with van der Waals surface area (Å²) in [5.41, 5.74) is 2.07. The van der Waals surface area contributed by atoms with Crippen molar-refractivity contribution in [1.29, 1.82) is 0 Å². The van der Waals surface area contributed by atoms with Crippen molar-refractivity contribution >= 4 is 5.91 Å². The van der Waals surface area contributed by atoms with Crippen molar-refractivity contribution in [2.45, 2.75) is 32.9 Å². The summed E-state index contributed by atoms with van der Waals surface area (Å²) in [6, 6.07) is 7.83. The fourth-order valence-corrected chi connectivity index (χ4v) is 1.91. The van der Waals surface area contributed by atoms with E-state index in [1.807, 2.05) is 38.1 Å². The van der Waals surface area contributed by atoms with E-state index in [2.05, 4.69) is 20.5 Å². The SMILES string of the molecule is COCc1ccccc1CNC(=O)c1n[nH]c(C(C)C)n1. The summed E-state index contributed by atoms with van der Waals surface area (Å²) in [5.74, 6) is 0.801. The molecule has 0 radical (unpaired) electrons. The van der Waals surface area contributed by atoms with Crippen LogP contribution in [0.4, 0.5) is 0 Å². The van der Waals surface area contributed by atoms with Gasteiger partial charge in [-0.05, 0) is 11.1 Å². The molecule has 1 heterocycles. The van der Waals surface area contributed by atoms with E-state index in [9.17, 15) is 4.79 Å². The summed E-state index contributed by atoms with van der Waals surface area (Å²) in [6.45, 7) is 4.92. The minimum atomic E-state index is -0.287. The van der Waals surface area contributed by atoms with Crippen LogP contribution in [-0.4, -0.2) is 28.2 Å². The molecular weight excluding hydrogens is 268 g/mol. The van der Waals surface area contributed by atoms with Crippen molar-refractivity contribution in [2.24, 2.45) is 0 Å². The van der Waals surface area contributed by atoms with Crippen LogP contribution in [0.5, 0.6) is 0 Å². The molecule has 0 atom stereocenters. The quantitative estimate of drug-likeness (QED) is 0.852. The van der Waals surface area contributed by atoms with Gasteiger partial charge in [0.25, 0.3) is 5.91 Å². The van der Waals surface area contributed by atoms with Gasteiger partial charge in [0.2, 0.25) is 5.82 Å². The summed E-state index contributed by atoms with van der Waals surface area (Å²) in [4.78, 5) is 16.2. The van der Waals surface area contributed by atoms with Crippen molar-refractivity contribution in [3.63, 3.8) is 0 Å². The average molecular weight is 288 g/mol. The Labute approximate surface area is 123 Å². The molecular formula is C15H20N4O2. The second kappa shape index (κ2) is 6.99. The van der Waals surface area contributed by atoms with E-state index < -0.39 is 0 Å². The van der Waals surface area contributed by atoms with Gasteiger partial charge in [-0.1, -0.05) is 38.1 Å². The van der Waals surface area contributed by atoms with Crippen LogP contribution in [0.25, 0.3) is 0 Å². The van der Waals surface area contributed by atoms with Gasteiger partial charge in [0.05, 0.1) is 6.61 Å². The molecule has 21 heavy (non-hydrogen) atoms. The molecule has 0 aliphatic rings. The maximum absolute atomic E-state index is 12.0. The zero-order valence-electron chi connectivity index (χ0n) is 12.5. The fourth-order valence-electron chi connectivity index (χ4n) is 1.91. The lowest BCUT2D eigenvalue weighted by molar-refractivity contribution is 0.0940. The zero-order valence-corrected chi connectivity index (χ0v) is 12.5. The molecule has 0 saturated carbocycles. The smallest absolute Gasteiger partial charge is 0.291 e. The van der Waals surface area contributed by atoms with Crippen molar-refractivity contribution in [3.8, 4) is 0 Å². The van der Waals surface area contributed by atoms with Crippen LogP contribution in [0.1, 0.15) is 47.3 Å². The summed E-state index contributed by atoms with van der Waals surface area (Å²) in [6.07, 6.45) is 0. The monoisotopic (exact) mass is 288 g/mol. The number of hydrogen-bond donors (Lipinski definition) is 2. The summed E-state index contributed by atoms with van der Waals surface area (Å²) in [7, 11) is 1.65. The Morgan fingerprint density at radius 2 is 2.05 bits per heavy atom. The van der Waals surface area contributed by atoms with Gasteiger partial charge in [0, 0.05) is 19.6 Å². The third kappa shape index (κ3) is 3.88. The van der Waals surface area contributed by atoms with Crippen LogP contribution >= 0.6 is 0 Å². The molecule has 0 aliphatic heterocycles. The first-order chi connectivity index (χ1) is 10.1. The van der Waals surface area contributed by atoms with E-state index in [4.69, 9.17) is 4.74 Å². The number of benzene rings is 1. The van der Waals surface area contributed by atoms with Gasteiger partial charge in [0.15, 0.2) is 0 Å². The van der Waals surface area contributed by atoms with Crippen molar-refractivity contribution in [3.05, 3.63) is 47.0 Å². The molecule has 2 rings (SSSR count). The molecule has 2 N–H and O–H groups in total. The number of carbonyl (C=O) groups is 1. The predicted octanol–water partition coefficient (Wildman–Crippen LogP) is 2.00. The molecule has 2 aromatic rings. The Kier molecular flexibility index (Phi) is 5.05. The van der Waals surface area contributed by atoms with E-state index in [0.717, 1.165) is 11.1 Å². The molecule has 6 heteroatoms. The molecule has 1 aromatic heterocycles. The molecule has 112 valence electrons. The largest absolute Gasteiger partial charge is 0.380 e. The van der Waals surface area contributed by atoms with E-state index in [-0.39, 0.29) is 17.6 Å². The van der Waals surface area contributed by atoms with Crippen LogP contribution in [0.3, 0.4) is 0 Å². The molecule has 0 unspecified atom stereocenters. The standard InChI is InChI=1S/C15H20N4O2/c1-10(2)13-17-14(19-18-13)15(20)16-8-11-6-4-5-7-12(11)9-21-3/h4-7,10H,8-9H2,1-3H3,(H,16,20)(H,17,18,19). The van der Waals surface area contributed by atoms with Gasteiger partial charge in [-0.25, -0.2) is 4.98 Å². The highest BCUT2D eigenvalue weighted by atomic mass is 16.5. The minimum absolute atomic E-state index is 0.169. The molecule has 0 aliphatic carbocycles. The Morgan fingerprint density at radius 1 is 1.33 bits per heavy atom.